The van der Waals surface area contributed by atoms with Gasteiger partial charge in [0.15, 0.2) is 0 Å². The summed E-state index contributed by atoms with van der Waals surface area (Å²) < 4.78 is 0. The highest BCUT2D eigenvalue weighted by Gasteiger charge is 2.31. The van der Waals surface area contributed by atoms with Gasteiger partial charge in [-0.15, -0.1) is 0 Å². The molecule has 0 fully saturated rings. The molecule has 3 amide bonds. The average molecular weight is 292 g/mol. The van der Waals surface area contributed by atoms with E-state index in [4.69, 9.17) is 11.5 Å². The van der Waals surface area contributed by atoms with Crippen molar-refractivity contribution in [3.8, 4) is 0 Å². The Hall–Kier alpha value is -2.57. The van der Waals surface area contributed by atoms with Crippen molar-refractivity contribution >= 4 is 23.4 Å². The van der Waals surface area contributed by atoms with Crippen LogP contribution in [0.5, 0.6) is 0 Å². The van der Waals surface area contributed by atoms with Crippen molar-refractivity contribution in [1.82, 2.24) is 10.6 Å². The van der Waals surface area contributed by atoms with Crippen molar-refractivity contribution in [2.45, 2.75) is 32.4 Å². The van der Waals surface area contributed by atoms with Gasteiger partial charge in [-0.05, 0) is 31.5 Å². The lowest BCUT2D eigenvalue weighted by molar-refractivity contribution is -0.133. The summed E-state index contributed by atoms with van der Waals surface area (Å²) in [5.74, 6) is -1.60. The third-order valence-corrected chi connectivity index (χ3v) is 2.91. The van der Waals surface area contributed by atoms with Crippen molar-refractivity contribution in [2.75, 3.05) is 5.73 Å². The molecule has 0 aromatic heterocycles. The van der Waals surface area contributed by atoms with E-state index in [0.29, 0.717) is 11.3 Å². The standard InChI is InChI=1S/C14H20N4O3/c1-8(19)17-11(9-5-4-6-10(15)7-9)12(20)18-14(2,3)13(16)21/h4-7,11H,15H2,1-3H3,(H2,16,21)(H,17,19)(H,18,20). The minimum atomic E-state index is -1.23. The molecular formula is C14H20N4O3. The topological polar surface area (TPSA) is 127 Å². The van der Waals surface area contributed by atoms with Crippen LogP contribution in [0.25, 0.3) is 0 Å². The van der Waals surface area contributed by atoms with Crippen LogP contribution >= 0.6 is 0 Å². The first kappa shape index (κ1) is 16.5. The Morgan fingerprint density at radius 2 is 1.86 bits per heavy atom. The molecule has 0 heterocycles. The second kappa shape index (κ2) is 6.25. The maximum Gasteiger partial charge on any atom is 0.248 e. The van der Waals surface area contributed by atoms with E-state index in [0.717, 1.165) is 0 Å². The molecule has 1 rings (SSSR count). The SMILES string of the molecule is CC(=O)NC(C(=O)NC(C)(C)C(N)=O)c1cccc(N)c1. The van der Waals surface area contributed by atoms with E-state index < -0.39 is 23.4 Å². The largest absolute Gasteiger partial charge is 0.399 e. The fourth-order valence-corrected chi connectivity index (χ4v) is 1.68. The third kappa shape index (κ3) is 4.48. The van der Waals surface area contributed by atoms with Gasteiger partial charge in [-0.2, -0.15) is 0 Å². The number of nitrogens with two attached hydrogens (primary N) is 2. The molecule has 7 heteroatoms. The maximum atomic E-state index is 12.3. The summed E-state index contributed by atoms with van der Waals surface area (Å²) in [5, 5.41) is 5.04. The number of primary amides is 1. The smallest absolute Gasteiger partial charge is 0.248 e. The number of hydrogen-bond acceptors (Lipinski definition) is 4. The average Bonchev–Trinajstić information content (AvgIpc) is 2.34. The van der Waals surface area contributed by atoms with Crippen LogP contribution < -0.4 is 22.1 Å². The lowest BCUT2D eigenvalue weighted by atomic mass is 10.0. The molecule has 6 N–H and O–H groups in total. The van der Waals surface area contributed by atoms with E-state index in [1.165, 1.54) is 20.8 Å². The van der Waals surface area contributed by atoms with Gasteiger partial charge < -0.3 is 22.1 Å². The first-order chi connectivity index (χ1) is 9.63. The van der Waals surface area contributed by atoms with Gasteiger partial charge in [0.25, 0.3) is 0 Å². The van der Waals surface area contributed by atoms with E-state index in [1.54, 1.807) is 24.3 Å². The Morgan fingerprint density at radius 1 is 1.24 bits per heavy atom. The van der Waals surface area contributed by atoms with Crippen molar-refractivity contribution in [2.24, 2.45) is 5.73 Å². The molecule has 1 atom stereocenters. The van der Waals surface area contributed by atoms with Gasteiger partial charge in [-0.1, -0.05) is 12.1 Å². The Kier molecular flexibility index (Phi) is 4.91. The number of nitrogens with one attached hydrogen (secondary N) is 2. The monoisotopic (exact) mass is 292 g/mol. The van der Waals surface area contributed by atoms with Crippen LogP contribution in [0.3, 0.4) is 0 Å². The van der Waals surface area contributed by atoms with Gasteiger partial charge in [-0.25, -0.2) is 0 Å². The van der Waals surface area contributed by atoms with E-state index in [-0.39, 0.29) is 5.91 Å². The Labute approximate surface area is 123 Å². The van der Waals surface area contributed by atoms with Crippen LogP contribution in [0, 0.1) is 0 Å². The lowest BCUT2D eigenvalue weighted by Crippen LogP contribution is -2.55. The van der Waals surface area contributed by atoms with Gasteiger partial charge in [0.05, 0.1) is 0 Å². The fraction of sp³-hybridized carbons (Fsp3) is 0.357. The maximum absolute atomic E-state index is 12.3. The summed E-state index contributed by atoms with van der Waals surface area (Å²) in [4.78, 5) is 34.9. The Morgan fingerprint density at radius 3 is 2.33 bits per heavy atom. The Bertz CT molecular complexity index is 569. The number of nitrogen functional groups attached to an aromatic ring is 1. The quantitative estimate of drug-likeness (QED) is 0.561. The van der Waals surface area contributed by atoms with E-state index in [2.05, 4.69) is 10.6 Å². The fourth-order valence-electron chi connectivity index (χ4n) is 1.68. The molecule has 0 aliphatic rings. The summed E-state index contributed by atoms with van der Waals surface area (Å²) in [7, 11) is 0. The highest BCUT2D eigenvalue weighted by Crippen LogP contribution is 2.17. The molecule has 1 aromatic carbocycles. The van der Waals surface area contributed by atoms with Crippen LogP contribution in [0.15, 0.2) is 24.3 Å². The van der Waals surface area contributed by atoms with Crippen molar-refractivity contribution in [3.05, 3.63) is 29.8 Å². The molecule has 1 aromatic rings. The molecule has 0 spiro atoms. The second-order valence-electron chi connectivity index (χ2n) is 5.28. The van der Waals surface area contributed by atoms with E-state index in [9.17, 15) is 14.4 Å². The van der Waals surface area contributed by atoms with Crippen molar-refractivity contribution in [3.63, 3.8) is 0 Å². The zero-order chi connectivity index (χ0) is 16.2. The van der Waals surface area contributed by atoms with Gasteiger partial charge in [0.2, 0.25) is 17.7 Å². The minimum absolute atomic E-state index is 0.380. The van der Waals surface area contributed by atoms with Crippen molar-refractivity contribution < 1.29 is 14.4 Å². The van der Waals surface area contributed by atoms with Crippen LogP contribution in [0.4, 0.5) is 5.69 Å². The summed E-state index contributed by atoms with van der Waals surface area (Å²) in [6.45, 7) is 4.26. The third-order valence-electron chi connectivity index (χ3n) is 2.91. The number of benzene rings is 1. The molecule has 1 unspecified atom stereocenters. The van der Waals surface area contributed by atoms with Crippen LogP contribution in [0.1, 0.15) is 32.4 Å². The second-order valence-corrected chi connectivity index (χ2v) is 5.28. The normalized spacial score (nSPS) is 12.3. The minimum Gasteiger partial charge on any atom is -0.399 e. The summed E-state index contributed by atoms with van der Waals surface area (Å²) in [6.07, 6.45) is 0. The zero-order valence-corrected chi connectivity index (χ0v) is 12.3. The molecule has 7 nitrogen and oxygen atoms in total. The lowest BCUT2D eigenvalue weighted by Gasteiger charge is -2.26. The van der Waals surface area contributed by atoms with Gasteiger partial charge in [0, 0.05) is 12.6 Å². The molecule has 0 saturated heterocycles. The van der Waals surface area contributed by atoms with Gasteiger partial charge in [0.1, 0.15) is 11.6 Å². The van der Waals surface area contributed by atoms with Gasteiger partial charge in [-0.3, -0.25) is 14.4 Å². The molecule has 0 aliphatic carbocycles. The summed E-state index contributed by atoms with van der Waals surface area (Å²) in [6, 6.07) is 5.63. The molecule has 0 radical (unpaired) electrons. The van der Waals surface area contributed by atoms with Crippen molar-refractivity contribution in [1.29, 1.82) is 0 Å². The zero-order valence-electron chi connectivity index (χ0n) is 12.3. The molecule has 0 saturated carbocycles. The number of anilines is 1. The predicted octanol–water partition coefficient (Wildman–Crippen LogP) is -0.174. The van der Waals surface area contributed by atoms with Gasteiger partial charge >= 0.3 is 0 Å². The number of hydrogen-bond donors (Lipinski definition) is 4. The van der Waals surface area contributed by atoms with Crippen LogP contribution in [0.2, 0.25) is 0 Å². The summed E-state index contributed by atoms with van der Waals surface area (Å²) >= 11 is 0. The summed E-state index contributed by atoms with van der Waals surface area (Å²) in [5.41, 5.74) is 10.7. The molecular weight excluding hydrogens is 272 g/mol. The highest BCUT2D eigenvalue weighted by atomic mass is 16.2. The number of carbonyl (C=O) groups excluding carboxylic acids is 3. The number of amides is 3. The Balaban J connectivity index is 3.06. The molecule has 0 bridgehead atoms. The molecule has 0 aliphatic heterocycles. The molecule has 114 valence electrons. The first-order valence-electron chi connectivity index (χ1n) is 6.38. The number of rotatable bonds is 5. The van der Waals surface area contributed by atoms with Crippen LogP contribution in [-0.2, 0) is 14.4 Å². The van der Waals surface area contributed by atoms with E-state index >= 15 is 0 Å². The van der Waals surface area contributed by atoms with E-state index in [1.807, 2.05) is 0 Å². The predicted molar refractivity (Wildman–Crippen MR) is 78.8 cm³/mol. The highest BCUT2D eigenvalue weighted by molar-refractivity contribution is 5.93. The number of carbonyl (C=O) groups is 3. The van der Waals surface area contributed by atoms with Crippen LogP contribution in [-0.4, -0.2) is 23.3 Å². The first-order valence-corrected chi connectivity index (χ1v) is 6.38. The molecule has 21 heavy (non-hydrogen) atoms.